The van der Waals surface area contributed by atoms with E-state index in [0.29, 0.717) is 12.2 Å². The van der Waals surface area contributed by atoms with Crippen LogP contribution in [0.5, 0.6) is 0 Å². The van der Waals surface area contributed by atoms with Gasteiger partial charge in [0.1, 0.15) is 5.76 Å². The van der Waals surface area contributed by atoms with Crippen LogP contribution < -0.4 is 9.80 Å². The van der Waals surface area contributed by atoms with Gasteiger partial charge in [-0.3, -0.25) is 9.59 Å². The molecule has 0 saturated heterocycles. The number of hydrogen-bond donors (Lipinski definition) is 0. The largest absolute Gasteiger partial charge is 0.465 e. The zero-order valence-electron chi connectivity index (χ0n) is 18.7. The molecule has 3 heterocycles. The number of rotatable bonds is 5. The quantitative estimate of drug-likeness (QED) is 0.343. The minimum atomic E-state index is -0.261. The van der Waals surface area contributed by atoms with Gasteiger partial charge < -0.3 is 18.6 Å². The van der Waals surface area contributed by atoms with E-state index in [-0.39, 0.29) is 29.7 Å². The van der Waals surface area contributed by atoms with Crippen molar-refractivity contribution >= 4 is 29.3 Å². The van der Waals surface area contributed by atoms with Crippen LogP contribution in [0.1, 0.15) is 41.3 Å². The molecule has 0 aliphatic carbocycles. The highest BCUT2D eigenvalue weighted by Crippen LogP contribution is 2.42. The van der Waals surface area contributed by atoms with Crippen molar-refractivity contribution in [3.63, 3.8) is 0 Å². The molecule has 0 spiro atoms. The smallest absolute Gasteiger partial charge is 0.294 e. The van der Waals surface area contributed by atoms with E-state index in [2.05, 4.69) is 0 Å². The predicted octanol–water partition coefficient (Wildman–Crippen LogP) is 6.10. The fourth-order valence-electron chi connectivity index (χ4n) is 4.52. The van der Waals surface area contributed by atoms with Gasteiger partial charge in [-0.1, -0.05) is 36.4 Å². The normalized spacial score (nSPS) is 17.5. The highest BCUT2D eigenvalue weighted by atomic mass is 16.3. The molecule has 2 aromatic carbocycles. The Morgan fingerprint density at radius 2 is 1.65 bits per heavy atom. The molecule has 2 amide bonds. The van der Waals surface area contributed by atoms with E-state index in [1.807, 2.05) is 61.5 Å². The molecule has 1 aliphatic rings. The van der Waals surface area contributed by atoms with Crippen LogP contribution in [0.3, 0.4) is 0 Å². The molecule has 170 valence electrons. The molecule has 6 heteroatoms. The van der Waals surface area contributed by atoms with E-state index in [9.17, 15) is 9.59 Å². The van der Waals surface area contributed by atoms with Gasteiger partial charge in [0.15, 0.2) is 5.76 Å². The summed E-state index contributed by atoms with van der Waals surface area (Å²) in [7, 11) is 0. The Kier molecular flexibility index (Phi) is 5.87. The van der Waals surface area contributed by atoms with Crippen LogP contribution in [0.4, 0.5) is 11.4 Å². The number of furan rings is 2. The summed E-state index contributed by atoms with van der Waals surface area (Å²) >= 11 is 0. The third-order valence-corrected chi connectivity index (χ3v) is 6.03. The molecule has 5 rings (SSSR count). The molecule has 6 nitrogen and oxygen atoms in total. The minimum absolute atomic E-state index is 0.162. The molecule has 0 radical (unpaired) electrons. The molecule has 2 aromatic heterocycles. The van der Waals surface area contributed by atoms with E-state index in [1.165, 1.54) is 12.3 Å². The maximum atomic E-state index is 13.6. The minimum Gasteiger partial charge on any atom is -0.465 e. The standard InChI is InChI=1S/C28H24N2O4/c1-20-19-25(23-12-5-6-13-24(23)29(20)28(32)26-14-8-18-34-26)30(21-9-3-2-4-10-21)27(31)16-15-22-11-7-17-33-22/h2-18,20,25H,19H2,1H3/b16-15+/t20-,25+/m1/s1. The third-order valence-electron chi connectivity index (χ3n) is 6.03. The number of carbonyl (C=O) groups is 2. The van der Waals surface area contributed by atoms with Crippen molar-refractivity contribution in [1.29, 1.82) is 0 Å². The summed E-state index contributed by atoms with van der Waals surface area (Å²) in [4.78, 5) is 30.4. The van der Waals surface area contributed by atoms with Crippen molar-refractivity contribution in [2.45, 2.75) is 25.4 Å². The number of benzene rings is 2. The van der Waals surface area contributed by atoms with Crippen LogP contribution >= 0.6 is 0 Å². The number of nitrogens with zero attached hydrogens (tertiary/aromatic N) is 2. The summed E-state index contributed by atoms with van der Waals surface area (Å²) < 4.78 is 10.7. The first kappa shape index (κ1) is 21.5. The molecule has 34 heavy (non-hydrogen) atoms. The Balaban J connectivity index is 1.56. The van der Waals surface area contributed by atoms with Crippen LogP contribution in [-0.4, -0.2) is 17.9 Å². The number of amides is 2. The zero-order chi connectivity index (χ0) is 23.5. The van der Waals surface area contributed by atoms with Gasteiger partial charge in [-0.05, 0) is 67.4 Å². The molecule has 0 saturated carbocycles. The monoisotopic (exact) mass is 452 g/mol. The van der Waals surface area contributed by atoms with Gasteiger partial charge in [0.25, 0.3) is 11.8 Å². The molecule has 4 aromatic rings. The lowest BCUT2D eigenvalue weighted by molar-refractivity contribution is -0.114. The summed E-state index contributed by atoms with van der Waals surface area (Å²) in [5.41, 5.74) is 2.47. The van der Waals surface area contributed by atoms with Crippen molar-refractivity contribution in [1.82, 2.24) is 0 Å². The lowest BCUT2D eigenvalue weighted by Gasteiger charge is -2.43. The Morgan fingerprint density at radius 3 is 2.38 bits per heavy atom. The number of anilines is 2. The van der Waals surface area contributed by atoms with E-state index in [0.717, 1.165) is 16.9 Å². The lowest BCUT2D eigenvalue weighted by Crippen LogP contribution is -2.47. The first-order valence-corrected chi connectivity index (χ1v) is 11.2. The van der Waals surface area contributed by atoms with Gasteiger partial charge in [-0.15, -0.1) is 0 Å². The van der Waals surface area contributed by atoms with Gasteiger partial charge in [0.2, 0.25) is 0 Å². The molecule has 0 fully saturated rings. The fourth-order valence-corrected chi connectivity index (χ4v) is 4.52. The fraction of sp³-hybridized carbons (Fsp3) is 0.143. The van der Waals surface area contributed by atoms with Crippen molar-refractivity contribution < 1.29 is 18.4 Å². The van der Waals surface area contributed by atoms with Gasteiger partial charge in [-0.25, -0.2) is 0 Å². The number of para-hydroxylation sites is 2. The first-order chi connectivity index (χ1) is 16.6. The third kappa shape index (κ3) is 4.06. The van der Waals surface area contributed by atoms with Crippen LogP contribution in [0, 0.1) is 0 Å². The van der Waals surface area contributed by atoms with Crippen LogP contribution in [-0.2, 0) is 4.79 Å². The highest BCUT2D eigenvalue weighted by molar-refractivity contribution is 6.07. The average Bonchev–Trinajstić information content (AvgIpc) is 3.58. The van der Waals surface area contributed by atoms with Gasteiger partial charge in [-0.2, -0.15) is 0 Å². The van der Waals surface area contributed by atoms with Crippen LogP contribution in [0.15, 0.2) is 106 Å². The first-order valence-electron chi connectivity index (χ1n) is 11.2. The lowest BCUT2D eigenvalue weighted by atomic mass is 9.89. The highest BCUT2D eigenvalue weighted by Gasteiger charge is 2.39. The summed E-state index contributed by atoms with van der Waals surface area (Å²) in [5.74, 6) is 0.533. The second-order valence-corrected chi connectivity index (χ2v) is 8.20. The van der Waals surface area contributed by atoms with Gasteiger partial charge >= 0.3 is 0 Å². The Hall–Kier alpha value is -4.32. The maximum Gasteiger partial charge on any atom is 0.294 e. The second kappa shape index (κ2) is 9.27. The van der Waals surface area contributed by atoms with Gasteiger partial charge in [0, 0.05) is 23.5 Å². The van der Waals surface area contributed by atoms with Crippen molar-refractivity contribution in [3.05, 3.63) is 115 Å². The molecular weight excluding hydrogens is 428 g/mol. The number of fused-ring (bicyclic) bond motifs is 1. The molecule has 0 N–H and O–H groups in total. The van der Waals surface area contributed by atoms with Crippen LogP contribution in [0.25, 0.3) is 6.08 Å². The summed E-state index contributed by atoms with van der Waals surface area (Å²) in [6, 6.07) is 23.9. The molecule has 1 aliphatic heterocycles. The maximum absolute atomic E-state index is 13.6. The molecular formula is C28H24N2O4. The molecule has 0 bridgehead atoms. The van der Waals surface area contributed by atoms with Gasteiger partial charge in [0.05, 0.1) is 18.6 Å². The SMILES string of the molecule is C[C@@H]1C[C@H](N(C(=O)/C=C/c2ccco2)c2ccccc2)c2ccccc2N1C(=O)c1ccco1. The Labute approximate surface area is 197 Å². The predicted molar refractivity (Wildman–Crippen MR) is 130 cm³/mol. The van der Waals surface area contributed by atoms with Crippen molar-refractivity contribution in [2.24, 2.45) is 0 Å². The van der Waals surface area contributed by atoms with E-state index in [4.69, 9.17) is 8.83 Å². The van der Waals surface area contributed by atoms with E-state index < -0.39 is 0 Å². The summed E-state index contributed by atoms with van der Waals surface area (Å²) in [6.07, 6.45) is 6.84. The summed E-state index contributed by atoms with van der Waals surface area (Å²) in [6.45, 7) is 2.00. The topological polar surface area (TPSA) is 66.9 Å². The van der Waals surface area contributed by atoms with Crippen molar-refractivity contribution in [3.8, 4) is 0 Å². The van der Waals surface area contributed by atoms with E-state index >= 15 is 0 Å². The Morgan fingerprint density at radius 1 is 0.912 bits per heavy atom. The van der Waals surface area contributed by atoms with Crippen molar-refractivity contribution in [2.75, 3.05) is 9.80 Å². The second-order valence-electron chi connectivity index (χ2n) is 8.20. The number of hydrogen-bond acceptors (Lipinski definition) is 4. The van der Waals surface area contributed by atoms with E-state index in [1.54, 1.807) is 46.4 Å². The Bertz CT molecular complexity index is 1290. The molecule has 0 unspecified atom stereocenters. The zero-order valence-corrected chi connectivity index (χ0v) is 18.7. The molecule has 2 atom stereocenters. The summed E-state index contributed by atoms with van der Waals surface area (Å²) in [5, 5.41) is 0. The average molecular weight is 453 g/mol. The van der Waals surface area contributed by atoms with Crippen LogP contribution in [0.2, 0.25) is 0 Å². The number of carbonyl (C=O) groups excluding carboxylic acids is 2.